The third-order valence-electron chi connectivity index (χ3n) is 2.73. The summed E-state index contributed by atoms with van der Waals surface area (Å²) in [5, 5.41) is 8.83. The molecule has 1 unspecified atom stereocenters. The highest BCUT2D eigenvalue weighted by atomic mass is 16.5. The summed E-state index contributed by atoms with van der Waals surface area (Å²) in [4.78, 5) is 1.97. The van der Waals surface area contributed by atoms with Crippen LogP contribution in [-0.2, 0) is 6.54 Å². The van der Waals surface area contributed by atoms with Crippen molar-refractivity contribution in [1.29, 1.82) is 5.26 Å². The van der Waals surface area contributed by atoms with Gasteiger partial charge in [0.05, 0.1) is 26.3 Å². The molecule has 0 N–H and O–H groups in total. The molecule has 0 amide bonds. The lowest BCUT2D eigenvalue weighted by molar-refractivity contribution is 0.293. The van der Waals surface area contributed by atoms with E-state index in [2.05, 4.69) is 6.07 Å². The Morgan fingerprint density at radius 3 is 2.47 bits per heavy atom. The molecule has 0 aromatic heterocycles. The minimum absolute atomic E-state index is 0.108. The Hall–Kier alpha value is -1.73. The lowest BCUT2D eigenvalue weighted by atomic mass is 10.1. The van der Waals surface area contributed by atoms with Crippen LogP contribution in [0.15, 0.2) is 18.2 Å². The van der Waals surface area contributed by atoms with Gasteiger partial charge in [-0.15, -0.1) is 0 Å². The Labute approximate surface area is 102 Å². The Morgan fingerprint density at radius 1 is 1.29 bits per heavy atom. The highest BCUT2D eigenvalue weighted by Gasteiger charge is 2.10. The SMILES string of the molecule is COc1ccc(CN(C)C(C)C#N)cc1OC. The summed E-state index contributed by atoms with van der Waals surface area (Å²) in [7, 11) is 5.15. The van der Waals surface area contributed by atoms with E-state index in [1.165, 1.54) is 0 Å². The highest BCUT2D eigenvalue weighted by Crippen LogP contribution is 2.27. The molecule has 0 bridgehead atoms. The van der Waals surface area contributed by atoms with Gasteiger partial charge in [-0.2, -0.15) is 5.26 Å². The summed E-state index contributed by atoms with van der Waals surface area (Å²) in [6.45, 7) is 2.58. The third-order valence-corrected chi connectivity index (χ3v) is 2.73. The fourth-order valence-corrected chi connectivity index (χ4v) is 1.50. The quantitative estimate of drug-likeness (QED) is 0.782. The van der Waals surface area contributed by atoms with E-state index in [0.717, 1.165) is 5.56 Å². The normalized spacial score (nSPS) is 12.0. The monoisotopic (exact) mass is 234 g/mol. The molecular weight excluding hydrogens is 216 g/mol. The van der Waals surface area contributed by atoms with Gasteiger partial charge in [0.25, 0.3) is 0 Å². The lowest BCUT2D eigenvalue weighted by Gasteiger charge is -2.19. The van der Waals surface area contributed by atoms with E-state index in [-0.39, 0.29) is 6.04 Å². The van der Waals surface area contributed by atoms with Crippen LogP contribution < -0.4 is 9.47 Å². The second kappa shape index (κ2) is 6.12. The van der Waals surface area contributed by atoms with Gasteiger partial charge in [0.1, 0.15) is 0 Å². The van der Waals surface area contributed by atoms with Gasteiger partial charge in [-0.05, 0) is 31.7 Å². The number of ether oxygens (including phenoxy) is 2. The molecule has 0 aliphatic rings. The van der Waals surface area contributed by atoms with Crippen molar-refractivity contribution in [1.82, 2.24) is 4.90 Å². The number of rotatable bonds is 5. The lowest BCUT2D eigenvalue weighted by Crippen LogP contribution is -2.26. The Balaban J connectivity index is 2.83. The van der Waals surface area contributed by atoms with Crippen molar-refractivity contribution >= 4 is 0 Å². The maximum absolute atomic E-state index is 8.83. The Kier molecular flexibility index (Phi) is 4.80. The van der Waals surface area contributed by atoms with Crippen LogP contribution in [0.2, 0.25) is 0 Å². The first-order chi connectivity index (χ1) is 8.12. The van der Waals surface area contributed by atoms with E-state index >= 15 is 0 Å². The number of hydrogen-bond acceptors (Lipinski definition) is 4. The van der Waals surface area contributed by atoms with E-state index in [1.807, 2.05) is 37.1 Å². The fourth-order valence-electron chi connectivity index (χ4n) is 1.50. The second-order valence-electron chi connectivity index (χ2n) is 3.91. The second-order valence-corrected chi connectivity index (χ2v) is 3.91. The topological polar surface area (TPSA) is 45.5 Å². The maximum atomic E-state index is 8.83. The molecule has 0 saturated carbocycles. The van der Waals surface area contributed by atoms with Crippen molar-refractivity contribution in [3.63, 3.8) is 0 Å². The highest BCUT2D eigenvalue weighted by molar-refractivity contribution is 5.42. The minimum atomic E-state index is -0.108. The molecule has 0 fully saturated rings. The molecule has 1 atom stereocenters. The van der Waals surface area contributed by atoms with Crippen LogP contribution in [0, 0.1) is 11.3 Å². The average Bonchev–Trinajstić information content (AvgIpc) is 2.37. The van der Waals surface area contributed by atoms with Gasteiger partial charge in [0, 0.05) is 6.54 Å². The minimum Gasteiger partial charge on any atom is -0.493 e. The van der Waals surface area contributed by atoms with Crippen LogP contribution in [0.4, 0.5) is 0 Å². The summed E-state index contributed by atoms with van der Waals surface area (Å²) in [6.07, 6.45) is 0. The van der Waals surface area contributed by atoms with Gasteiger partial charge in [-0.3, -0.25) is 4.90 Å². The first kappa shape index (κ1) is 13.3. The van der Waals surface area contributed by atoms with Gasteiger partial charge >= 0.3 is 0 Å². The van der Waals surface area contributed by atoms with Gasteiger partial charge in [-0.25, -0.2) is 0 Å². The number of methoxy groups -OCH3 is 2. The van der Waals surface area contributed by atoms with Crippen LogP contribution in [0.25, 0.3) is 0 Å². The summed E-state index contributed by atoms with van der Waals surface area (Å²) >= 11 is 0. The maximum Gasteiger partial charge on any atom is 0.161 e. The first-order valence-electron chi connectivity index (χ1n) is 5.43. The molecule has 0 spiro atoms. The zero-order valence-corrected chi connectivity index (χ0v) is 10.7. The van der Waals surface area contributed by atoms with E-state index in [4.69, 9.17) is 14.7 Å². The van der Waals surface area contributed by atoms with Crippen molar-refractivity contribution in [2.24, 2.45) is 0 Å². The number of benzene rings is 1. The summed E-state index contributed by atoms with van der Waals surface area (Å²) in [5.74, 6) is 1.43. The van der Waals surface area contributed by atoms with Crippen molar-refractivity contribution in [3.05, 3.63) is 23.8 Å². The van der Waals surface area contributed by atoms with E-state index in [0.29, 0.717) is 18.0 Å². The van der Waals surface area contributed by atoms with Gasteiger partial charge in [0.2, 0.25) is 0 Å². The Morgan fingerprint density at radius 2 is 1.94 bits per heavy atom. The first-order valence-corrected chi connectivity index (χ1v) is 5.43. The molecule has 0 heterocycles. The standard InChI is InChI=1S/C13H18N2O2/c1-10(8-14)15(2)9-11-5-6-12(16-3)13(7-11)17-4/h5-7,10H,9H2,1-4H3. The van der Waals surface area contributed by atoms with E-state index in [1.54, 1.807) is 14.2 Å². The zero-order chi connectivity index (χ0) is 12.8. The van der Waals surface area contributed by atoms with Crippen LogP contribution >= 0.6 is 0 Å². The number of hydrogen-bond donors (Lipinski definition) is 0. The Bertz CT molecular complexity index is 412. The third kappa shape index (κ3) is 3.36. The van der Waals surface area contributed by atoms with Crippen molar-refractivity contribution in [2.45, 2.75) is 19.5 Å². The largest absolute Gasteiger partial charge is 0.493 e. The van der Waals surface area contributed by atoms with Gasteiger partial charge in [0.15, 0.2) is 11.5 Å². The van der Waals surface area contributed by atoms with Crippen molar-refractivity contribution in [2.75, 3.05) is 21.3 Å². The zero-order valence-electron chi connectivity index (χ0n) is 10.7. The summed E-state index contributed by atoms with van der Waals surface area (Å²) in [5.41, 5.74) is 1.09. The molecule has 0 radical (unpaired) electrons. The molecule has 0 saturated heterocycles. The summed E-state index contributed by atoms with van der Waals surface area (Å²) in [6, 6.07) is 7.88. The van der Waals surface area contributed by atoms with Crippen molar-refractivity contribution < 1.29 is 9.47 Å². The predicted molar refractivity (Wildman–Crippen MR) is 66.1 cm³/mol. The molecule has 17 heavy (non-hydrogen) atoms. The molecule has 0 aliphatic carbocycles. The molecule has 92 valence electrons. The van der Waals surface area contributed by atoms with Crippen LogP contribution in [0.3, 0.4) is 0 Å². The van der Waals surface area contributed by atoms with Crippen LogP contribution in [-0.4, -0.2) is 32.2 Å². The summed E-state index contributed by atoms with van der Waals surface area (Å²) < 4.78 is 10.4. The van der Waals surface area contributed by atoms with E-state index in [9.17, 15) is 0 Å². The molecule has 1 aromatic rings. The van der Waals surface area contributed by atoms with Gasteiger partial charge in [-0.1, -0.05) is 6.07 Å². The van der Waals surface area contributed by atoms with Crippen LogP contribution in [0.5, 0.6) is 11.5 Å². The molecule has 1 rings (SSSR count). The number of nitriles is 1. The van der Waals surface area contributed by atoms with Crippen molar-refractivity contribution in [3.8, 4) is 17.6 Å². The van der Waals surface area contributed by atoms with Gasteiger partial charge < -0.3 is 9.47 Å². The number of nitrogens with zero attached hydrogens (tertiary/aromatic N) is 2. The molecule has 1 aromatic carbocycles. The predicted octanol–water partition coefficient (Wildman–Crippen LogP) is 2.05. The van der Waals surface area contributed by atoms with Crippen LogP contribution in [0.1, 0.15) is 12.5 Å². The molecule has 0 aliphatic heterocycles. The fraction of sp³-hybridized carbons (Fsp3) is 0.462. The molecule has 4 heteroatoms. The smallest absolute Gasteiger partial charge is 0.161 e. The molecule has 4 nitrogen and oxygen atoms in total. The average molecular weight is 234 g/mol. The van der Waals surface area contributed by atoms with E-state index < -0.39 is 0 Å². The molecular formula is C13H18N2O2.